The molecule has 22 heavy (non-hydrogen) atoms. The Kier molecular flexibility index (Phi) is 8.65. The third kappa shape index (κ3) is 6.51. The summed E-state index contributed by atoms with van der Waals surface area (Å²) in [6.07, 6.45) is 1.62. The Morgan fingerprint density at radius 3 is 2.59 bits per heavy atom. The third-order valence-electron chi connectivity index (χ3n) is 3.91. The Morgan fingerprint density at radius 1 is 1.36 bits per heavy atom. The van der Waals surface area contributed by atoms with Crippen LogP contribution in [-0.4, -0.2) is 81.3 Å². The first-order valence-corrected chi connectivity index (χ1v) is 8.18. The minimum absolute atomic E-state index is 0.203. The topological polar surface area (TPSA) is 69.2 Å². The van der Waals surface area contributed by atoms with Crippen LogP contribution in [0.15, 0.2) is 4.99 Å². The van der Waals surface area contributed by atoms with E-state index in [-0.39, 0.29) is 6.09 Å². The van der Waals surface area contributed by atoms with E-state index >= 15 is 0 Å². The fourth-order valence-electron chi connectivity index (χ4n) is 2.33. The lowest BCUT2D eigenvalue weighted by molar-refractivity contribution is 0.0963. The second kappa shape index (κ2) is 10.3. The van der Waals surface area contributed by atoms with E-state index in [1.807, 2.05) is 6.92 Å². The van der Waals surface area contributed by atoms with Gasteiger partial charge in [0.15, 0.2) is 5.96 Å². The first-order chi connectivity index (χ1) is 10.6. The number of likely N-dealkylation sites (tertiary alicyclic amines) is 1. The number of rotatable bonds is 6. The molecule has 0 saturated carbocycles. The maximum atomic E-state index is 11.7. The Balaban J connectivity index is 2.27. The molecular formula is C15H31N5O2. The van der Waals surface area contributed by atoms with Gasteiger partial charge in [0, 0.05) is 39.3 Å². The fraction of sp³-hybridized carbons (Fsp3) is 0.867. The third-order valence-corrected chi connectivity index (χ3v) is 3.91. The highest BCUT2D eigenvalue weighted by atomic mass is 16.6. The van der Waals surface area contributed by atoms with E-state index in [1.165, 1.54) is 0 Å². The summed E-state index contributed by atoms with van der Waals surface area (Å²) in [5.41, 5.74) is 0. The van der Waals surface area contributed by atoms with Gasteiger partial charge in [0.1, 0.15) is 0 Å². The van der Waals surface area contributed by atoms with Gasteiger partial charge in [0.05, 0.1) is 6.61 Å². The fourth-order valence-corrected chi connectivity index (χ4v) is 2.33. The van der Waals surface area contributed by atoms with Crippen LogP contribution in [0, 0.1) is 0 Å². The molecule has 1 saturated heterocycles. The highest BCUT2D eigenvalue weighted by Crippen LogP contribution is 2.11. The Bertz CT molecular complexity index is 354. The molecule has 0 radical (unpaired) electrons. The molecule has 128 valence electrons. The van der Waals surface area contributed by atoms with Crippen molar-refractivity contribution in [3.05, 3.63) is 0 Å². The van der Waals surface area contributed by atoms with Crippen molar-refractivity contribution in [2.24, 2.45) is 4.99 Å². The largest absolute Gasteiger partial charge is 0.450 e. The maximum absolute atomic E-state index is 11.7. The summed E-state index contributed by atoms with van der Waals surface area (Å²) in [7, 11) is 3.88. The monoisotopic (exact) mass is 313 g/mol. The van der Waals surface area contributed by atoms with Gasteiger partial charge in [0.2, 0.25) is 0 Å². The van der Waals surface area contributed by atoms with Gasteiger partial charge in [-0.2, -0.15) is 0 Å². The number of aliphatic imine (C=N–C) groups is 1. The average Bonchev–Trinajstić information content (AvgIpc) is 2.54. The summed E-state index contributed by atoms with van der Waals surface area (Å²) in [5.74, 6) is 0.832. The summed E-state index contributed by atoms with van der Waals surface area (Å²) in [4.78, 5) is 19.9. The second-order valence-corrected chi connectivity index (χ2v) is 5.50. The second-order valence-electron chi connectivity index (χ2n) is 5.50. The predicted octanol–water partition coefficient (Wildman–Crippen LogP) is 0.724. The highest BCUT2D eigenvalue weighted by molar-refractivity contribution is 5.80. The summed E-state index contributed by atoms with van der Waals surface area (Å²) in [6.45, 7) is 8.75. The molecule has 1 heterocycles. The van der Waals surface area contributed by atoms with Crippen molar-refractivity contribution in [1.82, 2.24) is 20.4 Å². The number of amides is 1. The van der Waals surface area contributed by atoms with E-state index in [0.717, 1.165) is 51.5 Å². The number of carbonyl (C=O) groups excluding carboxylic acids is 1. The molecule has 1 aliphatic heterocycles. The number of likely N-dealkylation sites (N-methyl/N-ethyl adjacent to an activating group) is 1. The minimum atomic E-state index is -0.203. The normalized spacial score (nSPS) is 16.8. The molecule has 1 amide bonds. The van der Waals surface area contributed by atoms with Gasteiger partial charge in [0.25, 0.3) is 0 Å². The van der Waals surface area contributed by atoms with Crippen molar-refractivity contribution in [2.75, 3.05) is 53.4 Å². The lowest BCUT2D eigenvalue weighted by Gasteiger charge is -2.32. The van der Waals surface area contributed by atoms with Crippen molar-refractivity contribution < 1.29 is 9.53 Å². The maximum Gasteiger partial charge on any atom is 0.409 e. The molecule has 1 aliphatic rings. The molecule has 2 N–H and O–H groups in total. The van der Waals surface area contributed by atoms with Crippen molar-refractivity contribution in [3.63, 3.8) is 0 Å². The van der Waals surface area contributed by atoms with Gasteiger partial charge in [-0.15, -0.1) is 0 Å². The molecule has 1 fully saturated rings. The summed E-state index contributed by atoms with van der Waals surface area (Å²) >= 11 is 0. The van der Waals surface area contributed by atoms with Crippen LogP contribution in [0.3, 0.4) is 0 Å². The highest BCUT2D eigenvalue weighted by Gasteiger charge is 2.23. The molecule has 0 unspecified atom stereocenters. The van der Waals surface area contributed by atoms with E-state index in [1.54, 1.807) is 11.9 Å². The van der Waals surface area contributed by atoms with E-state index in [4.69, 9.17) is 4.74 Å². The van der Waals surface area contributed by atoms with Crippen LogP contribution in [0.5, 0.6) is 0 Å². The van der Waals surface area contributed by atoms with Gasteiger partial charge in [-0.3, -0.25) is 4.99 Å². The Hall–Kier alpha value is -1.50. The summed E-state index contributed by atoms with van der Waals surface area (Å²) in [5, 5.41) is 6.76. The van der Waals surface area contributed by atoms with Crippen molar-refractivity contribution in [3.8, 4) is 0 Å². The smallest absolute Gasteiger partial charge is 0.409 e. The van der Waals surface area contributed by atoms with Crippen LogP contribution in [0.1, 0.15) is 26.7 Å². The zero-order valence-corrected chi connectivity index (χ0v) is 14.4. The Labute approximate surface area is 134 Å². The lowest BCUT2D eigenvalue weighted by atomic mass is 10.1. The van der Waals surface area contributed by atoms with Gasteiger partial charge in [-0.1, -0.05) is 6.92 Å². The van der Waals surface area contributed by atoms with Gasteiger partial charge in [-0.05, 0) is 33.4 Å². The first kappa shape index (κ1) is 18.5. The van der Waals surface area contributed by atoms with Gasteiger partial charge < -0.3 is 25.2 Å². The van der Waals surface area contributed by atoms with Crippen LogP contribution in [0.25, 0.3) is 0 Å². The predicted molar refractivity (Wildman–Crippen MR) is 89.3 cm³/mol. The average molecular weight is 313 g/mol. The van der Waals surface area contributed by atoms with Crippen LogP contribution in [-0.2, 0) is 4.74 Å². The zero-order chi connectivity index (χ0) is 16.4. The van der Waals surface area contributed by atoms with Crippen LogP contribution >= 0.6 is 0 Å². The van der Waals surface area contributed by atoms with Crippen molar-refractivity contribution in [2.45, 2.75) is 32.7 Å². The standard InChI is InChI=1S/C15H31N5O2/c1-5-19(4)12-9-17-14(16-3)18-13-7-10-20(11-8-13)15(21)22-6-2/h13H,5-12H2,1-4H3,(H2,16,17,18). The molecule has 0 aromatic carbocycles. The van der Waals surface area contributed by atoms with Crippen LogP contribution < -0.4 is 10.6 Å². The molecular weight excluding hydrogens is 282 g/mol. The van der Waals surface area contributed by atoms with E-state index in [2.05, 4.69) is 34.5 Å². The number of hydrogen-bond acceptors (Lipinski definition) is 4. The molecule has 0 atom stereocenters. The number of hydrogen-bond donors (Lipinski definition) is 2. The van der Waals surface area contributed by atoms with E-state index < -0.39 is 0 Å². The van der Waals surface area contributed by atoms with Crippen molar-refractivity contribution in [1.29, 1.82) is 0 Å². The quantitative estimate of drug-likeness (QED) is 0.559. The summed E-state index contributed by atoms with van der Waals surface area (Å²) in [6, 6.07) is 0.348. The molecule has 0 spiro atoms. The zero-order valence-electron chi connectivity index (χ0n) is 14.4. The Morgan fingerprint density at radius 2 is 2.05 bits per heavy atom. The number of ether oxygens (including phenoxy) is 1. The van der Waals surface area contributed by atoms with Gasteiger partial charge >= 0.3 is 6.09 Å². The number of piperidine rings is 1. The molecule has 0 bridgehead atoms. The summed E-state index contributed by atoms with van der Waals surface area (Å²) < 4.78 is 5.03. The molecule has 0 aromatic rings. The van der Waals surface area contributed by atoms with Crippen LogP contribution in [0.2, 0.25) is 0 Å². The molecule has 1 rings (SSSR count). The van der Waals surface area contributed by atoms with Gasteiger partial charge in [-0.25, -0.2) is 4.79 Å². The first-order valence-electron chi connectivity index (χ1n) is 8.18. The number of guanidine groups is 1. The minimum Gasteiger partial charge on any atom is -0.450 e. The van der Waals surface area contributed by atoms with E-state index in [9.17, 15) is 4.79 Å². The number of nitrogens with zero attached hydrogens (tertiary/aromatic N) is 3. The lowest BCUT2D eigenvalue weighted by Crippen LogP contribution is -2.50. The molecule has 0 aliphatic carbocycles. The number of carbonyl (C=O) groups is 1. The molecule has 7 heteroatoms. The van der Waals surface area contributed by atoms with E-state index in [0.29, 0.717) is 12.6 Å². The SMILES string of the molecule is CCOC(=O)N1CCC(NC(=NC)NCCN(C)CC)CC1. The number of nitrogens with one attached hydrogen (secondary N) is 2. The molecule has 0 aromatic heterocycles. The molecule has 7 nitrogen and oxygen atoms in total. The van der Waals surface area contributed by atoms with Crippen LogP contribution in [0.4, 0.5) is 4.79 Å². The van der Waals surface area contributed by atoms with Crippen molar-refractivity contribution >= 4 is 12.1 Å².